The minimum absolute atomic E-state index is 0.0442. The molecule has 4 rings (SSSR count). The number of ether oxygens (including phenoxy) is 2. The number of ketones is 2. The number of aliphatic hydroxyl groups is 2. The predicted molar refractivity (Wildman–Crippen MR) is 130 cm³/mol. The lowest BCUT2D eigenvalue weighted by Crippen LogP contribution is -2.75. The molecule has 0 amide bonds. The Bertz CT molecular complexity index is 1080. The Morgan fingerprint density at radius 1 is 1.08 bits per heavy atom. The molecule has 3 fully saturated rings. The van der Waals surface area contributed by atoms with Gasteiger partial charge in [-0.05, 0) is 44.3 Å². The molecule has 4 aliphatic carbocycles. The zero-order valence-electron chi connectivity index (χ0n) is 22.1. The van der Waals surface area contributed by atoms with Gasteiger partial charge in [-0.25, -0.2) is 4.39 Å². The summed E-state index contributed by atoms with van der Waals surface area (Å²) in [4.78, 5) is 50.4. The smallest absolute Gasteiger partial charge is 0.306 e. The van der Waals surface area contributed by atoms with Crippen molar-refractivity contribution in [3.8, 4) is 0 Å². The third kappa shape index (κ3) is 3.45. The molecular weight excluding hydrogens is 483 g/mol. The minimum atomic E-state index is -2.33. The number of carbonyl (C=O) groups is 4. The van der Waals surface area contributed by atoms with E-state index in [1.54, 1.807) is 34.6 Å². The highest BCUT2D eigenvalue weighted by atomic mass is 19.1. The summed E-state index contributed by atoms with van der Waals surface area (Å²) < 4.78 is 28.5. The predicted octanol–water partition coefficient (Wildman–Crippen LogP) is 2.79. The molecule has 4 aliphatic rings. The number of Topliss-reactive ketones (excluding diaryl/α,β-unsaturated/α-hetero) is 1. The van der Waals surface area contributed by atoms with Crippen molar-refractivity contribution >= 4 is 23.5 Å². The normalized spacial score (nSPS) is 44.3. The summed E-state index contributed by atoms with van der Waals surface area (Å²) in [6, 6.07) is 0. The fourth-order valence-corrected chi connectivity index (χ4v) is 7.98. The summed E-state index contributed by atoms with van der Waals surface area (Å²) >= 11 is 0. The number of fused-ring (bicyclic) bond motifs is 5. The number of allylic oxidation sites excluding steroid dienone is 4. The van der Waals surface area contributed by atoms with Crippen LogP contribution in [0.1, 0.15) is 66.7 Å². The maximum atomic E-state index is 17.4. The van der Waals surface area contributed by atoms with Crippen molar-refractivity contribution in [2.45, 2.75) is 90.2 Å². The van der Waals surface area contributed by atoms with Gasteiger partial charge in [0.2, 0.25) is 5.78 Å². The van der Waals surface area contributed by atoms with Gasteiger partial charge < -0.3 is 19.7 Å². The van der Waals surface area contributed by atoms with Crippen LogP contribution in [0.3, 0.4) is 0 Å². The van der Waals surface area contributed by atoms with Crippen molar-refractivity contribution in [3.63, 3.8) is 0 Å². The van der Waals surface area contributed by atoms with Crippen LogP contribution in [0, 0.1) is 28.6 Å². The molecule has 3 saturated carbocycles. The molecule has 0 heterocycles. The van der Waals surface area contributed by atoms with Crippen molar-refractivity contribution in [1.29, 1.82) is 0 Å². The molecular formula is C28H37FO8. The average molecular weight is 521 g/mol. The van der Waals surface area contributed by atoms with Crippen molar-refractivity contribution < 1.29 is 43.3 Å². The molecule has 9 atom stereocenters. The Hall–Kier alpha value is -2.39. The fourth-order valence-electron chi connectivity index (χ4n) is 7.98. The lowest BCUT2D eigenvalue weighted by molar-refractivity contribution is -0.272. The Kier molecular flexibility index (Phi) is 6.81. The van der Waals surface area contributed by atoms with E-state index in [0.29, 0.717) is 12.0 Å². The van der Waals surface area contributed by atoms with Crippen LogP contribution in [0.5, 0.6) is 0 Å². The Morgan fingerprint density at radius 2 is 1.73 bits per heavy atom. The summed E-state index contributed by atoms with van der Waals surface area (Å²) in [6.45, 7) is 7.40. The Labute approximate surface area is 216 Å². The third-order valence-corrected chi connectivity index (χ3v) is 9.96. The van der Waals surface area contributed by atoms with E-state index in [2.05, 4.69) is 0 Å². The van der Waals surface area contributed by atoms with Gasteiger partial charge in [0, 0.05) is 35.5 Å². The first-order valence-corrected chi connectivity index (χ1v) is 13.2. The maximum absolute atomic E-state index is 17.4. The van der Waals surface area contributed by atoms with E-state index in [1.165, 1.54) is 18.2 Å². The molecule has 0 aromatic rings. The molecule has 0 bridgehead atoms. The number of hydrogen-bond acceptors (Lipinski definition) is 8. The zero-order chi connectivity index (χ0) is 27.6. The number of aliphatic hydroxyl groups excluding tert-OH is 2. The second-order valence-electron chi connectivity index (χ2n) is 11.4. The molecule has 0 aromatic heterocycles. The topological polar surface area (TPSA) is 127 Å². The number of halogens is 1. The molecule has 0 saturated heterocycles. The summed E-state index contributed by atoms with van der Waals surface area (Å²) in [7, 11) is 0. The quantitative estimate of drug-likeness (QED) is 0.512. The molecule has 2 N–H and O–H groups in total. The number of carbonyl (C=O) groups excluding carboxylic acids is 4. The molecule has 0 radical (unpaired) electrons. The Morgan fingerprint density at radius 3 is 2.35 bits per heavy atom. The lowest BCUT2D eigenvalue weighted by Gasteiger charge is -2.64. The van der Waals surface area contributed by atoms with Gasteiger partial charge >= 0.3 is 11.9 Å². The Balaban J connectivity index is 1.86. The average Bonchev–Trinajstić information content (AvgIpc) is 3.10. The van der Waals surface area contributed by atoms with E-state index in [0.717, 1.165) is 0 Å². The molecule has 37 heavy (non-hydrogen) atoms. The van der Waals surface area contributed by atoms with E-state index < -0.39 is 76.4 Å². The van der Waals surface area contributed by atoms with Crippen LogP contribution < -0.4 is 0 Å². The van der Waals surface area contributed by atoms with Gasteiger partial charge in [-0.3, -0.25) is 19.2 Å². The van der Waals surface area contributed by atoms with E-state index in [9.17, 15) is 29.4 Å². The third-order valence-electron chi connectivity index (χ3n) is 9.96. The van der Waals surface area contributed by atoms with Crippen LogP contribution in [-0.2, 0) is 28.7 Å². The van der Waals surface area contributed by atoms with Crippen LogP contribution in [-0.4, -0.2) is 63.8 Å². The van der Waals surface area contributed by atoms with E-state index >= 15 is 4.39 Å². The van der Waals surface area contributed by atoms with Crippen molar-refractivity contribution in [2.24, 2.45) is 28.6 Å². The fraction of sp³-hybridized carbons (Fsp3) is 0.714. The van der Waals surface area contributed by atoms with E-state index in [1.807, 2.05) is 0 Å². The highest BCUT2D eigenvalue weighted by molar-refractivity contribution is 6.01. The number of esters is 2. The van der Waals surface area contributed by atoms with Crippen LogP contribution in [0.15, 0.2) is 23.8 Å². The second-order valence-corrected chi connectivity index (χ2v) is 11.4. The van der Waals surface area contributed by atoms with Crippen molar-refractivity contribution in [3.05, 3.63) is 23.8 Å². The van der Waals surface area contributed by atoms with E-state index in [4.69, 9.17) is 9.47 Å². The van der Waals surface area contributed by atoms with Crippen LogP contribution in [0.25, 0.3) is 0 Å². The summed E-state index contributed by atoms with van der Waals surface area (Å²) in [5.74, 6) is -4.34. The minimum Gasteiger partial charge on any atom is -0.457 e. The SMILES string of the molecule is CCC(=O)OCC(=O)[C@@]1(OC(=O)CC)[C@@H](C)C[C@H]2[C@@H]3CCC4=CC(=O)C=C[C@]4(C)[C@@]3(F)[C@@H](O)[C@@H](O)[C@@]21C. The van der Waals surface area contributed by atoms with Gasteiger partial charge in [0.05, 0.1) is 6.10 Å². The molecule has 0 aromatic carbocycles. The molecule has 0 aliphatic heterocycles. The molecule has 9 heteroatoms. The molecule has 204 valence electrons. The van der Waals surface area contributed by atoms with E-state index in [-0.39, 0.29) is 31.5 Å². The number of rotatable bonds is 6. The number of alkyl halides is 1. The van der Waals surface area contributed by atoms with Gasteiger partial charge in [-0.2, -0.15) is 0 Å². The summed E-state index contributed by atoms with van der Waals surface area (Å²) in [5, 5.41) is 23.3. The largest absolute Gasteiger partial charge is 0.457 e. The summed E-state index contributed by atoms with van der Waals surface area (Å²) in [6.07, 6.45) is 1.38. The zero-order valence-corrected chi connectivity index (χ0v) is 22.1. The highest BCUT2D eigenvalue weighted by Gasteiger charge is 2.80. The molecule has 8 nitrogen and oxygen atoms in total. The van der Waals surface area contributed by atoms with Crippen LogP contribution >= 0.6 is 0 Å². The lowest BCUT2D eigenvalue weighted by atomic mass is 9.43. The van der Waals surface area contributed by atoms with Gasteiger partial charge in [0.15, 0.2) is 23.7 Å². The maximum Gasteiger partial charge on any atom is 0.306 e. The van der Waals surface area contributed by atoms with Gasteiger partial charge in [-0.1, -0.05) is 39.3 Å². The first-order valence-electron chi connectivity index (χ1n) is 13.2. The second kappa shape index (κ2) is 9.12. The van der Waals surface area contributed by atoms with Crippen LogP contribution in [0.2, 0.25) is 0 Å². The first-order chi connectivity index (χ1) is 17.2. The summed E-state index contributed by atoms with van der Waals surface area (Å²) in [5.41, 5.74) is -6.60. The van der Waals surface area contributed by atoms with Gasteiger partial charge in [-0.15, -0.1) is 0 Å². The highest BCUT2D eigenvalue weighted by Crippen LogP contribution is 2.71. The first kappa shape index (κ1) is 27.6. The van der Waals surface area contributed by atoms with Crippen molar-refractivity contribution in [1.82, 2.24) is 0 Å². The van der Waals surface area contributed by atoms with Crippen molar-refractivity contribution in [2.75, 3.05) is 6.61 Å². The van der Waals surface area contributed by atoms with Gasteiger partial charge in [0.1, 0.15) is 6.10 Å². The molecule has 0 unspecified atom stereocenters. The number of hydrogen-bond donors (Lipinski definition) is 2. The van der Waals surface area contributed by atoms with Gasteiger partial charge in [0.25, 0.3) is 0 Å². The standard InChI is InChI=1S/C28H37FO8/c1-6-21(32)36-14-20(31)28(37-22(33)7-2)15(3)12-19-18-9-8-16-13-17(30)10-11-25(16,4)27(18,29)24(35)23(34)26(19,28)5/h10-11,13,15,18-19,23-24,34-35H,6-9,12,14H2,1-5H3/t15-,18-,19-,23+,24-,25-,26+,27-,28-/m0/s1. The monoisotopic (exact) mass is 520 g/mol. The van der Waals surface area contributed by atoms with Crippen LogP contribution in [0.4, 0.5) is 4.39 Å². The molecule has 0 spiro atoms.